The molecule has 1 saturated heterocycles. The second-order valence-electron chi connectivity index (χ2n) is 7.28. The number of thiophene rings is 1. The molecule has 9 heteroatoms. The quantitative estimate of drug-likeness (QED) is 0.652. The van der Waals surface area contributed by atoms with Crippen molar-refractivity contribution in [2.45, 2.75) is 24.2 Å². The van der Waals surface area contributed by atoms with E-state index in [1.807, 2.05) is 25.1 Å². The number of methoxy groups -OCH3 is 1. The number of hydrogen-bond donors (Lipinski definition) is 1. The molecule has 4 rings (SSSR count). The van der Waals surface area contributed by atoms with Crippen molar-refractivity contribution in [3.05, 3.63) is 52.5 Å². The van der Waals surface area contributed by atoms with Gasteiger partial charge in [0.25, 0.3) is 5.91 Å². The highest BCUT2D eigenvalue weighted by molar-refractivity contribution is 7.89. The third-order valence-electron chi connectivity index (χ3n) is 5.43. The molecule has 0 unspecified atom stereocenters. The third-order valence-corrected chi connectivity index (χ3v) is 8.45. The molecule has 1 atom stereocenters. The van der Waals surface area contributed by atoms with E-state index in [0.29, 0.717) is 30.1 Å². The van der Waals surface area contributed by atoms with E-state index in [-0.39, 0.29) is 16.7 Å². The number of nitrogens with one attached hydrogen (secondary N) is 1. The normalized spacial score (nSPS) is 17.4. The average molecular weight is 446 g/mol. The van der Waals surface area contributed by atoms with Crippen LogP contribution in [0.15, 0.2) is 41.4 Å². The number of amides is 1. The van der Waals surface area contributed by atoms with E-state index in [9.17, 15) is 13.2 Å². The first kappa shape index (κ1) is 20.8. The molecule has 0 saturated carbocycles. The minimum Gasteiger partial charge on any atom is -0.495 e. The molecule has 0 spiro atoms. The standard InChI is InChI=1S/C21H23N3O4S2/c1-13-6-7-16(28-3)17(11-13)30(26,27)24-10-8-14(12-24)18-15-5-4-9-23-21(15)29-19(18)20(25)22-2/h4-7,9,11,14H,8,10,12H2,1-3H3,(H,22,25)/t14-/m1/s1. The summed E-state index contributed by atoms with van der Waals surface area (Å²) < 4.78 is 33.5. The summed E-state index contributed by atoms with van der Waals surface area (Å²) in [6.07, 6.45) is 2.34. The van der Waals surface area contributed by atoms with Gasteiger partial charge in [-0.1, -0.05) is 12.1 Å². The molecule has 1 fully saturated rings. The fourth-order valence-corrected chi connectivity index (χ4v) is 6.86. The van der Waals surface area contributed by atoms with Crippen molar-refractivity contribution in [3.8, 4) is 5.75 Å². The van der Waals surface area contributed by atoms with E-state index in [0.717, 1.165) is 21.3 Å². The van der Waals surface area contributed by atoms with E-state index < -0.39 is 10.0 Å². The van der Waals surface area contributed by atoms with Gasteiger partial charge in [-0.3, -0.25) is 4.79 Å². The molecule has 3 aromatic rings. The molecule has 3 heterocycles. The molecule has 1 aromatic carbocycles. The van der Waals surface area contributed by atoms with E-state index in [4.69, 9.17) is 4.74 Å². The molecule has 0 aliphatic carbocycles. The number of rotatable bonds is 5. The maximum absolute atomic E-state index is 13.4. The first-order chi connectivity index (χ1) is 14.4. The van der Waals surface area contributed by atoms with Gasteiger partial charge in [-0.15, -0.1) is 11.3 Å². The lowest BCUT2D eigenvalue weighted by Crippen LogP contribution is -2.29. The van der Waals surface area contributed by atoms with Gasteiger partial charge in [-0.05, 0) is 42.7 Å². The van der Waals surface area contributed by atoms with Gasteiger partial charge >= 0.3 is 0 Å². The summed E-state index contributed by atoms with van der Waals surface area (Å²) >= 11 is 1.35. The van der Waals surface area contributed by atoms with Crippen molar-refractivity contribution in [3.63, 3.8) is 0 Å². The number of pyridine rings is 1. The fourth-order valence-electron chi connectivity index (χ4n) is 3.95. The number of aryl methyl sites for hydroxylation is 1. The Morgan fingerprint density at radius 1 is 1.33 bits per heavy atom. The number of sulfonamides is 1. The van der Waals surface area contributed by atoms with Crippen LogP contribution in [0.2, 0.25) is 0 Å². The van der Waals surface area contributed by atoms with Crippen LogP contribution in [0.5, 0.6) is 5.75 Å². The minimum absolute atomic E-state index is 0.0826. The summed E-state index contributed by atoms with van der Waals surface area (Å²) in [6, 6.07) is 8.93. The highest BCUT2D eigenvalue weighted by Gasteiger charge is 2.37. The molecule has 2 aromatic heterocycles. The first-order valence-electron chi connectivity index (χ1n) is 9.61. The van der Waals surface area contributed by atoms with Crippen LogP contribution in [0.25, 0.3) is 10.2 Å². The van der Waals surface area contributed by atoms with Gasteiger partial charge < -0.3 is 10.1 Å². The lowest BCUT2D eigenvalue weighted by atomic mass is 9.95. The Morgan fingerprint density at radius 2 is 2.13 bits per heavy atom. The zero-order valence-electron chi connectivity index (χ0n) is 17.0. The number of ether oxygens (including phenoxy) is 1. The van der Waals surface area contributed by atoms with Crippen molar-refractivity contribution in [1.82, 2.24) is 14.6 Å². The van der Waals surface area contributed by atoms with Crippen LogP contribution < -0.4 is 10.1 Å². The minimum atomic E-state index is -3.72. The third kappa shape index (κ3) is 3.46. The van der Waals surface area contributed by atoms with Crippen LogP contribution in [0.4, 0.5) is 0 Å². The molecule has 0 bridgehead atoms. The Hall–Kier alpha value is -2.49. The number of aromatic nitrogens is 1. The second kappa shape index (κ2) is 7.98. The van der Waals surface area contributed by atoms with Crippen LogP contribution in [-0.4, -0.2) is 50.9 Å². The van der Waals surface area contributed by atoms with Gasteiger partial charge in [0.15, 0.2) is 0 Å². The number of fused-ring (bicyclic) bond motifs is 1. The van der Waals surface area contributed by atoms with Gasteiger partial charge in [0, 0.05) is 37.6 Å². The summed E-state index contributed by atoms with van der Waals surface area (Å²) in [4.78, 5) is 18.5. The lowest BCUT2D eigenvalue weighted by Gasteiger charge is -2.19. The Labute approximate surface area is 179 Å². The zero-order chi connectivity index (χ0) is 21.5. The molecule has 0 radical (unpaired) electrons. The predicted octanol–water partition coefficient (Wildman–Crippen LogP) is 3.15. The van der Waals surface area contributed by atoms with E-state index in [2.05, 4.69) is 10.3 Å². The van der Waals surface area contributed by atoms with Crippen LogP contribution in [0, 0.1) is 6.92 Å². The molecule has 158 valence electrons. The number of carbonyl (C=O) groups is 1. The Balaban J connectivity index is 1.72. The number of hydrogen-bond acceptors (Lipinski definition) is 6. The molecular formula is C21H23N3O4S2. The Morgan fingerprint density at radius 3 is 2.87 bits per heavy atom. The maximum Gasteiger partial charge on any atom is 0.261 e. The van der Waals surface area contributed by atoms with E-state index >= 15 is 0 Å². The molecule has 1 aliphatic heterocycles. The Kier molecular flexibility index (Phi) is 5.52. The van der Waals surface area contributed by atoms with Gasteiger partial charge in [-0.2, -0.15) is 4.31 Å². The molecule has 1 N–H and O–H groups in total. The zero-order valence-corrected chi connectivity index (χ0v) is 18.6. The van der Waals surface area contributed by atoms with Crippen LogP contribution in [-0.2, 0) is 10.0 Å². The molecule has 7 nitrogen and oxygen atoms in total. The number of carbonyl (C=O) groups excluding carboxylic acids is 1. The van der Waals surface area contributed by atoms with Gasteiger partial charge in [0.2, 0.25) is 10.0 Å². The fraction of sp³-hybridized carbons (Fsp3) is 0.333. The summed E-state index contributed by atoms with van der Waals surface area (Å²) in [5, 5.41) is 3.61. The van der Waals surface area contributed by atoms with Crippen molar-refractivity contribution < 1.29 is 17.9 Å². The number of nitrogens with zero attached hydrogens (tertiary/aromatic N) is 2. The lowest BCUT2D eigenvalue weighted by molar-refractivity contribution is 0.0966. The number of benzene rings is 1. The van der Waals surface area contributed by atoms with Crippen molar-refractivity contribution in [1.29, 1.82) is 0 Å². The topological polar surface area (TPSA) is 88.6 Å². The van der Waals surface area contributed by atoms with E-state index in [1.54, 1.807) is 25.4 Å². The average Bonchev–Trinajstić information content (AvgIpc) is 3.38. The molecule has 30 heavy (non-hydrogen) atoms. The van der Waals surface area contributed by atoms with Gasteiger partial charge in [0.05, 0.1) is 12.0 Å². The SMILES string of the molecule is CNC(=O)c1sc2ncccc2c1[C@@H]1CCN(S(=O)(=O)c2cc(C)ccc2OC)C1. The van der Waals surface area contributed by atoms with Gasteiger partial charge in [-0.25, -0.2) is 13.4 Å². The highest BCUT2D eigenvalue weighted by Crippen LogP contribution is 2.41. The largest absolute Gasteiger partial charge is 0.495 e. The van der Waals surface area contributed by atoms with Crippen LogP contribution >= 0.6 is 11.3 Å². The molecule has 1 aliphatic rings. The predicted molar refractivity (Wildman–Crippen MR) is 117 cm³/mol. The van der Waals surface area contributed by atoms with Crippen LogP contribution in [0.1, 0.15) is 33.1 Å². The molecule has 1 amide bonds. The first-order valence-corrected chi connectivity index (χ1v) is 11.9. The molecular weight excluding hydrogens is 422 g/mol. The second-order valence-corrected chi connectivity index (χ2v) is 10.2. The van der Waals surface area contributed by atoms with Gasteiger partial charge in [0.1, 0.15) is 15.5 Å². The summed E-state index contributed by atoms with van der Waals surface area (Å²) in [6.45, 7) is 2.55. The summed E-state index contributed by atoms with van der Waals surface area (Å²) in [5.74, 6) is 0.0794. The Bertz CT molecular complexity index is 1220. The summed E-state index contributed by atoms with van der Waals surface area (Å²) in [5.41, 5.74) is 1.73. The maximum atomic E-state index is 13.4. The highest BCUT2D eigenvalue weighted by atomic mass is 32.2. The smallest absolute Gasteiger partial charge is 0.261 e. The van der Waals surface area contributed by atoms with Crippen LogP contribution in [0.3, 0.4) is 0 Å². The monoisotopic (exact) mass is 445 g/mol. The van der Waals surface area contributed by atoms with Crippen molar-refractivity contribution in [2.75, 3.05) is 27.2 Å². The summed E-state index contributed by atoms with van der Waals surface area (Å²) in [7, 11) is -0.659. The van der Waals surface area contributed by atoms with E-state index in [1.165, 1.54) is 22.8 Å². The van der Waals surface area contributed by atoms with Crippen molar-refractivity contribution >= 4 is 37.5 Å². The van der Waals surface area contributed by atoms with Crippen molar-refractivity contribution in [2.24, 2.45) is 0 Å².